The van der Waals surface area contributed by atoms with E-state index < -0.39 is 0 Å². The first kappa shape index (κ1) is 16.4. The minimum atomic E-state index is 0.0706. The number of ether oxygens (including phenoxy) is 1. The molecule has 4 rings (SSSR count). The van der Waals surface area contributed by atoms with Crippen LogP contribution in [-0.4, -0.2) is 41.2 Å². The van der Waals surface area contributed by atoms with E-state index in [9.17, 15) is 5.11 Å². The molecule has 2 aromatic rings. The number of methoxy groups -OCH3 is 1. The van der Waals surface area contributed by atoms with Crippen LogP contribution >= 0.6 is 0 Å². The summed E-state index contributed by atoms with van der Waals surface area (Å²) < 4.78 is 5.31. The number of phenols is 1. The number of hydrogen-bond donors (Lipinski definition) is 2. The summed E-state index contributed by atoms with van der Waals surface area (Å²) in [6.07, 6.45) is 3.70. The maximum absolute atomic E-state index is 10.1. The Bertz CT molecular complexity index is 793. The van der Waals surface area contributed by atoms with Gasteiger partial charge in [-0.25, -0.2) is 0 Å². The number of aryl methyl sites for hydroxylation is 1. The Morgan fingerprint density at radius 2 is 2.16 bits per heavy atom. The molecule has 1 aromatic heterocycles. The Morgan fingerprint density at radius 3 is 2.92 bits per heavy atom. The summed E-state index contributed by atoms with van der Waals surface area (Å²) in [5.41, 5.74) is 11.4. The molecule has 1 fully saturated rings. The minimum absolute atomic E-state index is 0.0706. The van der Waals surface area contributed by atoms with Crippen LogP contribution in [0.3, 0.4) is 0 Å². The van der Waals surface area contributed by atoms with Crippen LogP contribution < -0.4 is 10.5 Å². The molecule has 5 heteroatoms. The summed E-state index contributed by atoms with van der Waals surface area (Å²) in [6, 6.07) is 8.38. The first-order valence-electron chi connectivity index (χ1n) is 8.88. The van der Waals surface area contributed by atoms with Crippen LogP contribution in [0.4, 0.5) is 0 Å². The normalized spacial score (nSPS) is 26.0. The lowest BCUT2D eigenvalue weighted by atomic mass is 9.79. The molecule has 1 saturated heterocycles. The second-order valence-electron chi connectivity index (χ2n) is 7.25. The maximum atomic E-state index is 10.1. The molecule has 0 spiro atoms. The number of nitrogens with two attached hydrogens (primary N) is 1. The third-order valence-electron chi connectivity index (χ3n) is 5.67. The van der Waals surface area contributed by atoms with Crippen LogP contribution in [0.5, 0.6) is 11.5 Å². The summed E-state index contributed by atoms with van der Waals surface area (Å²) in [5, 5.41) is 10.1. The molecule has 0 radical (unpaired) electrons. The fourth-order valence-corrected chi connectivity index (χ4v) is 4.31. The van der Waals surface area contributed by atoms with Crippen molar-refractivity contribution < 1.29 is 9.84 Å². The Kier molecular flexibility index (Phi) is 4.13. The number of rotatable bonds is 2. The lowest BCUT2D eigenvalue weighted by Crippen LogP contribution is -2.50. The van der Waals surface area contributed by atoms with Crippen LogP contribution in [0.15, 0.2) is 30.5 Å². The number of piperidine rings is 1. The highest BCUT2D eigenvalue weighted by Crippen LogP contribution is 2.43. The number of benzene rings is 1. The Morgan fingerprint density at radius 1 is 1.32 bits per heavy atom. The lowest BCUT2D eigenvalue weighted by Gasteiger charge is -2.46. The summed E-state index contributed by atoms with van der Waals surface area (Å²) >= 11 is 0. The highest BCUT2D eigenvalue weighted by molar-refractivity contribution is 5.49. The lowest BCUT2D eigenvalue weighted by molar-refractivity contribution is 0.108. The summed E-state index contributed by atoms with van der Waals surface area (Å²) in [4.78, 5) is 7.09. The van der Waals surface area contributed by atoms with Crippen LogP contribution in [0.1, 0.15) is 40.8 Å². The topological polar surface area (TPSA) is 71.6 Å². The molecule has 2 aliphatic heterocycles. The van der Waals surface area contributed by atoms with Gasteiger partial charge in [0.2, 0.25) is 0 Å². The van der Waals surface area contributed by atoms with Crippen molar-refractivity contribution >= 4 is 0 Å². The number of phenolic OH excluding ortho intramolecular Hbond substituents is 1. The molecule has 5 nitrogen and oxygen atoms in total. The number of aromatic hydroxyl groups is 1. The number of nitrogens with zero attached hydrogens (tertiary/aromatic N) is 2. The van der Waals surface area contributed by atoms with E-state index in [1.54, 1.807) is 7.11 Å². The molecule has 132 valence electrons. The average Bonchev–Trinajstić information content (AvgIpc) is 2.60. The van der Waals surface area contributed by atoms with Crippen molar-refractivity contribution in [2.45, 2.75) is 37.8 Å². The Balaban J connectivity index is 1.64. The van der Waals surface area contributed by atoms with Crippen LogP contribution in [0, 0.1) is 6.92 Å². The zero-order chi connectivity index (χ0) is 17.6. The van der Waals surface area contributed by atoms with Gasteiger partial charge in [0.15, 0.2) is 11.5 Å². The fourth-order valence-electron chi connectivity index (χ4n) is 4.31. The third kappa shape index (κ3) is 2.87. The second-order valence-corrected chi connectivity index (χ2v) is 7.25. The molecule has 0 amide bonds. The zero-order valence-electron chi connectivity index (χ0n) is 14.8. The molecule has 0 aliphatic carbocycles. The molecular weight excluding hydrogens is 314 g/mol. The van der Waals surface area contributed by atoms with Crippen molar-refractivity contribution in [3.05, 3.63) is 52.8 Å². The van der Waals surface area contributed by atoms with Gasteiger partial charge in [-0.3, -0.25) is 9.88 Å². The van der Waals surface area contributed by atoms with E-state index in [4.69, 9.17) is 10.5 Å². The van der Waals surface area contributed by atoms with Crippen LogP contribution in [0.2, 0.25) is 0 Å². The van der Waals surface area contributed by atoms with Gasteiger partial charge in [0, 0.05) is 43.0 Å². The first-order chi connectivity index (χ1) is 12.1. The first-order valence-corrected chi connectivity index (χ1v) is 8.88. The predicted molar refractivity (Wildman–Crippen MR) is 97.0 cm³/mol. The fraction of sp³-hybridized carbons (Fsp3) is 0.450. The van der Waals surface area contributed by atoms with E-state index >= 15 is 0 Å². The monoisotopic (exact) mass is 339 g/mol. The summed E-state index contributed by atoms with van der Waals surface area (Å²) in [7, 11) is 1.59. The third-order valence-corrected chi connectivity index (χ3v) is 5.67. The molecule has 0 saturated carbocycles. The molecule has 3 atom stereocenters. The molecule has 0 bridgehead atoms. The van der Waals surface area contributed by atoms with Gasteiger partial charge in [0.05, 0.1) is 7.11 Å². The van der Waals surface area contributed by atoms with E-state index in [1.807, 2.05) is 24.4 Å². The molecular formula is C20H25N3O2. The molecule has 3 heterocycles. The predicted octanol–water partition coefficient (Wildman–Crippen LogP) is 2.52. The van der Waals surface area contributed by atoms with Gasteiger partial charge in [-0.2, -0.15) is 0 Å². The number of hydrogen-bond acceptors (Lipinski definition) is 5. The van der Waals surface area contributed by atoms with Gasteiger partial charge in [0.25, 0.3) is 0 Å². The molecule has 2 aliphatic rings. The SMILES string of the molecule is COc1cc2c(cc1O)CCN1C[C@@H](c3cc(C)ccn3)[C@H](N)C[C@H]21. The second kappa shape index (κ2) is 6.32. The highest BCUT2D eigenvalue weighted by Gasteiger charge is 2.39. The van der Waals surface area contributed by atoms with Gasteiger partial charge in [-0.1, -0.05) is 0 Å². The largest absolute Gasteiger partial charge is 0.504 e. The van der Waals surface area contributed by atoms with Crippen molar-refractivity contribution in [2.24, 2.45) is 5.73 Å². The summed E-state index contributed by atoms with van der Waals surface area (Å²) in [6.45, 7) is 4.00. The standard InChI is InChI=1S/C20H25N3O2/c1-12-3-5-22-17(7-12)15-11-23-6-4-13-8-19(24)20(25-2)9-14(13)18(23)10-16(15)21/h3,5,7-9,15-16,18,24H,4,6,10-11,21H2,1-2H3/t15-,16-,18-/m1/s1. The minimum Gasteiger partial charge on any atom is -0.504 e. The van der Waals surface area contributed by atoms with E-state index in [0.717, 1.165) is 31.6 Å². The van der Waals surface area contributed by atoms with Crippen LogP contribution in [0.25, 0.3) is 0 Å². The van der Waals surface area contributed by atoms with E-state index in [1.165, 1.54) is 16.7 Å². The molecule has 0 unspecified atom stereocenters. The van der Waals surface area contributed by atoms with Gasteiger partial charge < -0.3 is 15.6 Å². The maximum Gasteiger partial charge on any atom is 0.160 e. The molecule has 25 heavy (non-hydrogen) atoms. The number of fused-ring (bicyclic) bond motifs is 3. The van der Waals surface area contributed by atoms with Gasteiger partial charge >= 0.3 is 0 Å². The van der Waals surface area contributed by atoms with Crippen molar-refractivity contribution in [3.63, 3.8) is 0 Å². The smallest absolute Gasteiger partial charge is 0.160 e. The van der Waals surface area contributed by atoms with Gasteiger partial charge in [-0.05, 0) is 60.7 Å². The molecule has 1 aromatic carbocycles. The van der Waals surface area contributed by atoms with Crippen molar-refractivity contribution in [1.29, 1.82) is 0 Å². The van der Waals surface area contributed by atoms with Crippen molar-refractivity contribution in [1.82, 2.24) is 9.88 Å². The number of aromatic nitrogens is 1. The van der Waals surface area contributed by atoms with E-state index in [0.29, 0.717) is 5.75 Å². The van der Waals surface area contributed by atoms with Gasteiger partial charge in [-0.15, -0.1) is 0 Å². The van der Waals surface area contributed by atoms with Gasteiger partial charge in [0.1, 0.15) is 0 Å². The van der Waals surface area contributed by atoms with E-state index in [2.05, 4.69) is 22.9 Å². The highest BCUT2D eigenvalue weighted by atomic mass is 16.5. The number of pyridine rings is 1. The van der Waals surface area contributed by atoms with Crippen molar-refractivity contribution in [2.75, 3.05) is 20.2 Å². The zero-order valence-corrected chi connectivity index (χ0v) is 14.8. The Hall–Kier alpha value is -2.11. The summed E-state index contributed by atoms with van der Waals surface area (Å²) in [5.74, 6) is 1.02. The quantitative estimate of drug-likeness (QED) is 0.880. The van der Waals surface area contributed by atoms with Crippen LogP contribution in [-0.2, 0) is 6.42 Å². The van der Waals surface area contributed by atoms with E-state index in [-0.39, 0.29) is 23.8 Å². The Labute approximate surface area is 148 Å². The van der Waals surface area contributed by atoms with Crippen molar-refractivity contribution in [3.8, 4) is 11.5 Å². The molecule has 3 N–H and O–H groups in total. The average molecular weight is 339 g/mol.